The second kappa shape index (κ2) is 5.48. The predicted octanol–water partition coefficient (Wildman–Crippen LogP) is 1.62. The van der Waals surface area contributed by atoms with Crippen LogP contribution in [0.25, 0.3) is 0 Å². The highest BCUT2D eigenvalue weighted by Crippen LogP contribution is 2.52. The average molecular weight is 313 g/mol. The topological polar surface area (TPSA) is 65.1 Å². The molecule has 1 N–H and O–H groups in total. The third-order valence-corrected chi connectivity index (χ3v) is 4.69. The van der Waals surface area contributed by atoms with Gasteiger partial charge in [0, 0.05) is 33.1 Å². The zero-order valence-corrected chi connectivity index (χ0v) is 12.9. The summed E-state index contributed by atoms with van der Waals surface area (Å²) in [7, 11) is 3.74. The van der Waals surface area contributed by atoms with Crippen LogP contribution in [-0.2, 0) is 4.79 Å². The molecule has 0 bridgehead atoms. The highest BCUT2D eigenvalue weighted by molar-refractivity contribution is 5.86. The number of anilines is 1. The van der Waals surface area contributed by atoms with Crippen LogP contribution in [0.5, 0.6) is 0 Å². The second-order valence-corrected chi connectivity index (χ2v) is 6.44. The van der Waals surface area contributed by atoms with Crippen LogP contribution in [0.15, 0.2) is 0 Å². The first-order valence-electron chi connectivity index (χ1n) is 7.61. The van der Waals surface area contributed by atoms with Crippen molar-refractivity contribution in [3.63, 3.8) is 0 Å². The Kier molecular flexibility index (Phi) is 3.78. The zero-order chi connectivity index (χ0) is 15.9. The Bertz CT molecular complexity index is 547. The van der Waals surface area contributed by atoms with Gasteiger partial charge in [-0.3, -0.25) is 9.89 Å². The maximum absolute atomic E-state index is 13.0. The Hall–Kier alpha value is -1.73. The van der Waals surface area contributed by atoms with E-state index in [9.17, 15) is 13.6 Å². The first-order chi connectivity index (χ1) is 10.4. The molecule has 122 valence electrons. The molecule has 22 heavy (non-hydrogen) atoms. The van der Waals surface area contributed by atoms with Crippen LogP contribution in [0.3, 0.4) is 0 Å². The summed E-state index contributed by atoms with van der Waals surface area (Å²) in [5.74, 6) is 1.27. The number of H-pyrrole nitrogens is 1. The van der Waals surface area contributed by atoms with E-state index in [2.05, 4.69) is 15.2 Å². The normalized spacial score (nSPS) is 21.2. The Morgan fingerprint density at radius 2 is 2.00 bits per heavy atom. The van der Waals surface area contributed by atoms with Crippen LogP contribution in [0, 0.1) is 5.41 Å². The summed E-state index contributed by atoms with van der Waals surface area (Å²) in [5, 5.41) is 7.06. The largest absolute Gasteiger partial charge is 0.346 e. The smallest absolute Gasteiger partial charge is 0.252 e. The molecule has 2 aliphatic rings. The highest BCUT2D eigenvalue weighted by atomic mass is 19.3. The van der Waals surface area contributed by atoms with Crippen LogP contribution < -0.4 is 4.90 Å². The monoisotopic (exact) mass is 313 g/mol. The molecule has 1 saturated carbocycles. The molecular formula is C14H21F2N5O. The van der Waals surface area contributed by atoms with Gasteiger partial charge in [-0.1, -0.05) is 0 Å². The molecule has 2 fully saturated rings. The standard InChI is InChI=1S/C14H21F2N5O/c1-20(2)13-17-10(18-19-13)9-3-7-21(8-4-9)12(22)14(5-6-14)11(15)16/h9,11H,3-8H2,1-2H3,(H,17,18,19). The van der Waals surface area contributed by atoms with Gasteiger partial charge < -0.3 is 9.80 Å². The first-order valence-corrected chi connectivity index (χ1v) is 7.61. The number of nitrogens with one attached hydrogen (secondary N) is 1. The van der Waals surface area contributed by atoms with Crippen molar-refractivity contribution in [2.45, 2.75) is 38.0 Å². The number of hydrogen-bond donors (Lipinski definition) is 1. The first kappa shape index (κ1) is 15.2. The molecule has 0 spiro atoms. The number of nitrogens with zero attached hydrogens (tertiary/aromatic N) is 4. The number of amides is 1. The maximum Gasteiger partial charge on any atom is 0.252 e. The number of piperidine rings is 1. The van der Waals surface area contributed by atoms with E-state index in [1.807, 2.05) is 19.0 Å². The summed E-state index contributed by atoms with van der Waals surface area (Å²) in [6.07, 6.45) is -0.454. The Morgan fingerprint density at radius 3 is 2.45 bits per heavy atom. The molecule has 2 heterocycles. The predicted molar refractivity (Wildman–Crippen MR) is 76.9 cm³/mol. The minimum Gasteiger partial charge on any atom is -0.346 e. The van der Waals surface area contributed by atoms with Gasteiger partial charge in [-0.15, -0.1) is 5.10 Å². The summed E-state index contributed by atoms with van der Waals surface area (Å²) in [4.78, 5) is 20.1. The molecule has 6 nitrogen and oxygen atoms in total. The van der Waals surface area contributed by atoms with Gasteiger partial charge in [0.15, 0.2) is 0 Å². The van der Waals surface area contributed by atoms with Crippen molar-refractivity contribution in [2.75, 3.05) is 32.1 Å². The minimum atomic E-state index is -2.55. The van der Waals surface area contributed by atoms with Crippen molar-refractivity contribution >= 4 is 11.9 Å². The number of carbonyl (C=O) groups is 1. The molecule has 8 heteroatoms. The lowest BCUT2D eigenvalue weighted by Crippen LogP contribution is -2.44. The summed E-state index contributed by atoms with van der Waals surface area (Å²) >= 11 is 0. The van der Waals surface area contributed by atoms with E-state index in [4.69, 9.17) is 0 Å². The van der Waals surface area contributed by atoms with E-state index >= 15 is 0 Å². The van der Waals surface area contributed by atoms with Crippen LogP contribution in [0.1, 0.15) is 37.4 Å². The minimum absolute atomic E-state index is 0.201. The van der Waals surface area contributed by atoms with Crippen molar-refractivity contribution in [3.8, 4) is 0 Å². The maximum atomic E-state index is 13.0. The lowest BCUT2D eigenvalue weighted by Gasteiger charge is -2.33. The lowest BCUT2D eigenvalue weighted by molar-refractivity contribution is -0.144. The lowest BCUT2D eigenvalue weighted by atomic mass is 9.94. The number of aromatic amines is 1. The Morgan fingerprint density at radius 1 is 1.36 bits per heavy atom. The van der Waals surface area contributed by atoms with Crippen LogP contribution in [0.2, 0.25) is 0 Å². The van der Waals surface area contributed by atoms with E-state index in [0.717, 1.165) is 18.7 Å². The summed E-state index contributed by atoms with van der Waals surface area (Å²) in [6.45, 7) is 1.02. The van der Waals surface area contributed by atoms with E-state index in [1.165, 1.54) is 0 Å². The van der Waals surface area contributed by atoms with Crippen molar-refractivity contribution in [1.82, 2.24) is 20.1 Å². The van der Waals surface area contributed by atoms with Gasteiger partial charge in [-0.05, 0) is 25.7 Å². The third kappa shape index (κ3) is 2.55. The second-order valence-electron chi connectivity index (χ2n) is 6.44. The summed E-state index contributed by atoms with van der Waals surface area (Å²) in [6, 6.07) is 0. The average Bonchev–Trinajstić information content (AvgIpc) is 3.17. The van der Waals surface area contributed by atoms with Crippen LogP contribution in [0.4, 0.5) is 14.7 Å². The van der Waals surface area contributed by atoms with E-state index in [0.29, 0.717) is 31.9 Å². The van der Waals surface area contributed by atoms with Gasteiger partial charge >= 0.3 is 0 Å². The molecule has 3 rings (SSSR count). The van der Waals surface area contributed by atoms with Crippen LogP contribution >= 0.6 is 0 Å². The number of alkyl halides is 2. The molecule has 0 unspecified atom stereocenters. The molecular weight excluding hydrogens is 292 g/mol. The molecule has 1 aliphatic heterocycles. The molecule has 1 aliphatic carbocycles. The van der Waals surface area contributed by atoms with Crippen LogP contribution in [-0.4, -0.2) is 59.6 Å². The fourth-order valence-corrected chi connectivity index (χ4v) is 2.98. The molecule has 0 radical (unpaired) electrons. The fraction of sp³-hybridized carbons (Fsp3) is 0.786. The molecule has 1 saturated heterocycles. The quantitative estimate of drug-likeness (QED) is 0.917. The number of rotatable bonds is 4. The van der Waals surface area contributed by atoms with Crippen molar-refractivity contribution in [2.24, 2.45) is 5.41 Å². The van der Waals surface area contributed by atoms with E-state index in [-0.39, 0.29) is 11.8 Å². The Balaban J connectivity index is 1.59. The number of halogens is 2. The zero-order valence-electron chi connectivity index (χ0n) is 12.9. The van der Waals surface area contributed by atoms with Gasteiger partial charge in [-0.25, -0.2) is 8.78 Å². The van der Waals surface area contributed by atoms with E-state index < -0.39 is 11.8 Å². The summed E-state index contributed by atoms with van der Waals surface area (Å²) in [5.41, 5.74) is -1.38. The number of carbonyl (C=O) groups excluding carboxylic acids is 1. The highest BCUT2D eigenvalue weighted by Gasteiger charge is 2.59. The number of likely N-dealkylation sites (tertiary alicyclic amines) is 1. The number of aromatic nitrogens is 3. The van der Waals surface area contributed by atoms with Gasteiger partial charge in [-0.2, -0.15) is 4.98 Å². The SMILES string of the molecule is CN(C)c1n[nH]c(C2CCN(C(=O)C3(C(F)F)CC3)CC2)n1. The van der Waals surface area contributed by atoms with Gasteiger partial charge in [0.2, 0.25) is 11.9 Å². The third-order valence-electron chi connectivity index (χ3n) is 4.69. The molecule has 1 amide bonds. The fourth-order valence-electron chi connectivity index (χ4n) is 2.98. The molecule has 0 atom stereocenters. The van der Waals surface area contributed by atoms with Crippen molar-refractivity contribution < 1.29 is 13.6 Å². The molecule has 1 aromatic heterocycles. The van der Waals surface area contributed by atoms with Gasteiger partial charge in [0.1, 0.15) is 11.2 Å². The number of hydrogen-bond acceptors (Lipinski definition) is 4. The van der Waals surface area contributed by atoms with Gasteiger partial charge in [0.05, 0.1) is 0 Å². The molecule has 1 aromatic rings. The summed E-state index contributed by atoms with van der Waals surface area (Å²) < 4.78 is 26.1. The van der Waals surface area contributed by atoms with Crippen molar-refractivity contribution in [1.29, 1.82) is 0 Å². The van der Waals surface area contributed by atoms with E-state index in [1.54, 1.807) is 4.90 Å². The van der Waals surface area contributed by atoms with Gasteiger partial charge in [0.25, 0.3) is 6.43 Å². The Labute approximate surface area is 127 Å². The molecule has 0 aromatic carbocycles. The van der Waals surface area contributed by atoms with Crippen molar-refractivity contribution in [3.05, 3.63) is 5.82 Å².